The molecule has 0 fully saturated rings. The normalized spacial score (nSPS) is 9.47. The number of aromatic nitrogens is 2. The Morgan fingerprint density at radius 3 is 2.35 bits per heavy atom. The lowest BCUT2D eigenvalue weighted by Gasteiger charge is -1.97. The topological polar surface area (TPSA) is 33.8 Å². The van der Waals surface area contributed by atoms with Gasteiger partial charge in [0.1, 0.15) is 0 Å². The zero-order chi connectivity index (χ0) is 11.4. The van der Waals surface area contributed by atoms with Crippen LogP contribution in [0, 0.1) is 0 Å². The lowest BCUT2D eigenvalue weighted by atomic mass is 10.1. The molecule has 2 aromatic rings. The van der Waals surface area contributed by atoms with E-state index in [1.54, 1.807) is 53.6 Å². The molecule has 0 amide bonds. The molecule has 0 saturated carbocycles. The quantitative estimate of drug-likeness (QED) is 0.644. The molecule has 0 atom stereocenters. The van der Waals surface area contributed by atoms with Crippen LogP contribution in [0.4, 0.5) is 0 Å². The second-order valence-corrected chi connectivity index (χ2v) is 3.78. The highest BCUT2D eigenvalue weighted by Crippen LogP contribution is 2.09. The Bertz CT molecular complexity index is 488. The van der Waals surface area contributed by atoms with Crippen LogP contribution in [0.2, 0.25) is 5.02 Å². The third-order valence-corrected chi connectivity index (χ3v) is 2.43. The van der Waals surface area contributed by atoms with Gasteiger partial charge in [0.05, 0.1) is 12.4 Å². The molecule has 17 heavy (non-hydrogen) atoms. The summed E-state index contributed by atoms with van der Waals surface area (Å²) in [5.74, 6) is 0.0490. The van der Waals surface area contributed by atoms with Crippen LogP contribution >= 0.6 is 28.6 Å². The Balaban J connectivity index is 0.00000144. The molecule has 2 rings (SSSR count). The van der Waals surface area contributed by atoms with Gasteiger partial charge < -0.3 is 0 Å². The van der Waals surface area contributed by atoms with E-state index in [-0.39, 0.29) is 22.8 Å². The summed E-state index contributed by atoms with van der Waals surface area (Å²) in [6.45, 7) is 0.310. The maximum atomic E-state index is 11.8. The molecular formula is C12H11BrClN2O+. The van der Waals surface area contributed by atoms with Gasteiger partial charge in [-0.1, -0.05) is 11.6 Å². The van der Waals surface area contributed by atoms with Crippen molar-refractivity contribution in [3.05, 3.63) is 59.6 Å². The number of rotatable bonds is 3. The van der Waals surface area contributed by atoms with Crippen LogP contribution in [-0.4, -0.2) is 10.8 Å². The fourth-order valence-electron chi connectivity index (χ4n) is 1.35. The predicted molar refractivity (Wildman–Crippen MR) is 70.5 cm³/mol. The van der Waals surface area contributed by atoms with E-state index < -0.39 is 0 Å². The van der Waals surface area contributed by atoms with Crippen LogP contribution in [0.5, 0.6) is 0 Å². The van der Waals surface area contributed by atoms with E-state index in [1.807, 2.05) is 0 Å². The maximum absolute atomic E-state index is 11.8. The fraction of sp³-hybridized carbons (Fsp3) is 0.0833. The lowest BCUT2D eigenvalue weighted by Crippen LogP contribution is -2.37. The lowest BCUT2D eigenvalue weighted by molar-refractivity contribution is -0.683. The molecule has 1 aromatic heterocycles. The van der Waals surface area contributed by atoms with Crippen LogP contribution in [-0.2, 0) is 6.54 Å². The first kappa shape index (κ1) is 13.8. The summed E-state index contributed by atoms with van der Waals surface area (Å²) >= 11 is 5.75. The Labute approximate surface area is 115 Å². The number of benzene rings is 1. The van der Waals surface area contributed by atoms with Crippen LogP contribution < -0.4 is 4.57 Å². The minimum absolute atomic E-state index is 0. The molecular weight excluding hydrogens is 304 g/mol. The number of ketones is 1. The number of nitrogens with zero attached hydrogens (tertiary/aromatic N) is 2. The first-order chi connectivity index (χ1) is 7.75. The van der Waals surface area contributed by atoms with Crippen LogP contribution in [0.15, 0.2) is 49.1 Å². The summed E-state index contributed by atoms with van der Waals surface area (Å²) in [6.07, 6.45) is 6.81. The second kappa shape index (κ2) is 6.47. The van der Waals surface area contributed by atoms with Gasteiger partial charge in [0.15, 0.2) is 12.4 Å². The number of hydrogen-bond acceptors (Lipinski definition) is 2. The number of Topliss-reactive ketones (excluding diaryl/α,β-unsaturated/α-hetero) is 1. The highest BCUT2D eigenvalue weighted by atomic mass is 79.9. The van der Waals surface area contributed by atoms with Crippen molar-refractivity contribution in [3.63, 3.8) is 0 Å². The summed E-state index contributed by atoms with van der Waals surface area (Å²) in [5.41, 5.74) is 0.661. The molecule has 0 N–H and O–H groups in total. The molecule has 3 nitrogen and oxygen atoms in total. The van der Waals surface area contributed by atoms with Gasteiger partial charge in [-0.15, -0.1) is 17.0 Å². The number of carbonyl (C=O) groups excluding carboxylic acids is 1. The van der Waals surface area contributed by atoms with Crippen molar-refractivity contribution in [3.8, 4) is 0 Å². The van der Waals surface area contributed by atoms with Crippen molar-refractivity contribution in [1.29, 1.82) is 0 Å². The monoisotopic (exact) mass is 313 g/mol. The maximum Gasteiger partial charge on any atom is 0.227 e. The van der Waals surface area contributed by atoms with Gasteiger partial charge in [0, 0.05) is 10.6 Å². The Hall–Kier alpha value is -1.26. The number of halogens is 2. The first-order valence-corrected chi connectivity index (χ1v) is 5.21. The molecule has 88 valence electrons. The van der Waals surface area contributed by atoms with E-state index in [2.05, 4.69) is 4.98 Å². The molecule has 0 aliphatic carbocycles. The van der Waals surface area contributed by atoms with Crippen molar-refractivity contribution in [2.45, 2.75) is 6.54 Å². The van der Waals surface area contributed by atoms with E-state index in [0.717, 1.165) is 0 Å². The van der Waals surface area contributed by atoms with Crippen molar-refractivity contribution >= 4 is 34.4 Å². The number of carbonyl (C=O) groups is 1. The average molecular weight is 315 g/mol. The molecule has 0 bridgehead atoms. The predicted octanol–water partition coefficient (Wildman–Crippen LogP) is 2.48. The molecule has 0 saturated heterocycles. The van der Waals surface area contributed by atoms with Gasteiger partial charge in [-0.05, 0) is 24.3 Å². The summed E-state index contributed by atoms with van der Waals surface area (Å²) in [4.78, 5) is 15.7. The summed E-state index contributed by atoms with van der Waals surface area (Å²) in [5, 5.41) is 0.633. The molecule has 1 heterocycles. The van der Waals surface area contributed by atoms with Gasteiger partial charge in [-0.25, -0.2) is 0 Å². The SMILES string of the molecule is Br.O=C(C[n+]1ccncc1)c1ccc(Cl)cc1. The van der Waals surface area contributed by atoms with E-state index in [0.29, 0.717) is 17.1 Å². The molecule has 0 aliphatic heterocycles. The molecule has 0 unspecified atom stereocenters. The standard InChI is InChI=1S/C12H10ClN2O.BrH/c13-11-3-1-10(2-4-11)12(16)9-15-7-5-14-6-8-15;/h1-8H,9H2;1H/q+1;. The first-order valence-electron chi connectivity index (χ1n) is 4.83. The smallest absolute Gasteiger partial charge is 0.227 e. The van der Waals surface area contributed by atoms with Crippen LogP contribution in [0.1, 0.15) is 10.4 Å². The zero-order valence-corrected chi connectivity index (χ0v) is 11.4. The third-order valence-electron chi connectivity index (χ3n) is 2.18. The molecule has 0 aliphatic rings. The van der Waals surface area contributed by atoms with Crippen LogP contribution in [0.3, 0.4) is 0 Å². The Morgan fingerprint density at radius 2 is 1.76 bits per heavy atom. The van der Waals surface area contributed by atoms with Crippen LogP contribution in [0.25, 0.3) is 0 Å². The van der Waals surface area contributed by atoms with E-state index in [4.69, 9.17) is 11.6 Å². The zero-order valence-electron chi connectivity index (χ0n) is 8.91. The van der Waals surface area contributed by atoms with Crippen molar-refractivity contribution in [2.75, 3.05) is 0 Å². The summed E-state index contributed by atoms with van der Waals surface area (Å²) in [7, 11) is 0. The van der Waals surface area contributed by atoms with Gasteiger partial charge in [0.2, 0.25) is 12.3 Å². The Morgan fingerprint density at radius 1 is 1.18 bits per heavy atom. The van der Waals surface area contributed by atoms with Gasteiger partial charge in [-0.2, -0.15) is 4.57 Å². The second-order valence-electron chi connectivity index (χ2n) is 3.35. The Kier molecular flexibility index (Phi) is 5.25. The van der Waals surface area contributed by atoms with Gasteiger partial charge >= 0.3 is 0 Å². The van der Waals surface area contributed by atoms with Gasteiger partial charge in [0.25, 0.3) is 0 Å². The fourth-order valence-corrected chi connectivity index (χ4v) is 1.47. The molecule has 1 aromatic carbocycles. The summed E-state index contributed by atoms with van der Waals surface area (Å²) in [6, 6.07) is 6.89. The van der Waals surface area contributed by atoms with E-state index in [1.165, 1.54) is 0 Å². The van der Waals surface area contributed by atoms with E-state index in [9.17, 15) is 4.79 Å². The molecule has 0 radical (unpaired) electrons. The van der Waals surface area contributed by atoms with Crippen molar-refractivity contribution in [1.82, 2.24) is 4.98 Å². The van der Waals surface area contributed by atoms with Crippen molar-refractivity contribution < 1.29 is 9.36 Å². The van der Waals surface area contributed by atoms with Gasteiger partial charge in [-0.3, -0.25) is 9.78 Å². The van der Waals surface area contributed by atoms with Crippen molar-refractivity contribution in [2.24, 2.45) is 0 Å². The van der Waals surface area contributed by atoms with E-state index >= 15 is 0 Å². The molecule has 5 heteroatoms. The largest absolute Gasteiger partial charge is 0.287 e. The minimum Gasteiger partial charge on any atom is -0.287 e. The summed E-state index contributed by atoms with van der Waals surface area (Å²) < 4.78 is 1.78. The molecule has 0 spiro atoms. The number of hydrogen-bond donors (Lipinski definition) is 0. The minimum atomic E-state index is 0. The highest BCUT2D eigenvalue weighted by Gasteiger charge is 2.11. The highest BCUT2D eigenvalue weighted by molar-refractivity contribution is 8.93. The third kappa shape index (κ3) is 3.91. The average Bonchev–Trinajstić information content (AvgIpc) is 2.31.